The SMILES string of the molecule is CCC(CC)(CNC(=O)OC(C)(C)C)C1CCCCN1. The molecule has 1 rings (SSSR count). The van der Waals surface area contributed by atoms with Crippen LogP contribution in [0.25, 0.3) is 0 Å². The molecule has 0 saturated carbocycles. The highest BCUT2D eigenvalue weighted by Gasteiger charge is 2.36. The first-order valence-electron chi connectivity index (χ1n) is 8.03. The van der Waals surface area contributed by atoms with Gasteiger partial charge in [0.05, 0.1) is 0 Å². The van der Waals surface area contributed by atoms with E-state index in [2.05, 4.69) is 24.5 Å². The highest BCUT2D eigenvalue weighted by atomic mass is 16.6. The average molecular weight is 284 g/mol. The molecule has 1 saturated heterocycles. The van der Waals surface area contributed by atoms with Crippen LogP contribution in [-0.4, -0.2) is 30.8 Å². The van der Waals surface area contributed by atoms with Gasteiger partial charge in [-0.2, -0.15) is 0 Å². The summed E-state index contributed by atoms with van der Waals surface area (Å²) in [5, 5.41) is 6.62. The number of ether oxygens (including phenoxy) is 1. The highest BCUT2D eigenvalue weighted by Crippen LogP contribution is 2.34. The minimum atomic E-state index is -0.436. The minimum absolute atomic E-state index is 0.136. The minimum Gasteiger partial charge on any atom is -0.444 e. The predicted molar refractivity (Wildman–Crippen MR) is 82.9 cm³/mol. The summed E-state index contributed by atoms with van der Waals surface area (Å²) in [6.07, 6.45) is 5.58. The largest absolute Gasteiger partial charge is 0.444 e. The van der Waals surface area contributed by atoms with Crippen molar-refractivity contribution >= 4 is 6.09 Å². The number of carbonyl (C=O) groups is 1. The van der Waals surface area contributed by atoms with E-state index >= 15 is 0 Å². The Bertz CT molecular complexity index is 300. The fourth-order valence-electron chi connectivity index (χ4n) is 3.05. The number of hydrogen-bond donors (Lipinski definition) is 2. The molecule has 1 amide bonds. The van der Waals surface area contributed by atoms with Crippen molar-refractivity contribution in [1.29, 1.82) is 0 Å². The number of piperidine rings is 1. The van der Waals surface area contributed by atoms with Gasteiger partial charge in [0.1, 0.15) is 5.60 Å². The molecular weight excluding hydrogens is 252 g/mol. The van der Waals surface area contributed by atoms with Crippen molar-refractivity contribution in [2.75, 3.05) is 13.1 Å². The zero-order valence-corrected chi connectivity index (χ0v) is 13.8. The maximum absolute atomic E-state index is 11.9. The van der Waals surface area contributed by atoms with Gasteiger partial charge in [-0.15, -0.1) is 0 Å². The van der Waals surface area contributed by atoms with Crippen LogP contribution >= 0.6 is 0 Å². The average Bonchev–Trinajstić information content (AvgIpc) is 2.40. The lowest BCUT2D eigenvalue weighted by molar-refractivity contribution is 0.0468. The molecule has 1 aliphatic rings. The topological polar surface area (TPSA) is 50.4 Å². The summed E-state index contributed by atoms with van der Waals surface area (Å²) in [7, 11) is 0. The fraction of sp³-hybridized carbons (Fsp3) is 0.938. The summed E-state index contributed by atoms with van der Waals surface area (Å²) in [5.74, 6) is 0. The standard InChI is InChI=1S/C16H32N2O2/c1-6-16(7-2,13-10-8-9-11-17-13)12-18-14(19)20-15(3,4)5/h13,17H,6-12H2,1-5H3,(H,18,19). The van der Waals surface area contributed by atoms with Gasteiger partial charge in [0, 0.05) is 18.0 Å². The second-order valence-electron chi connectivity index (χ2n) is 6.93. The summed E-state index contributed by atoms with van der Waals surface area (Å²) in [4.78, 5) is 11.9. The third kappa shape index (κ3) is 4.97. The Hall–Kier alpha value is -0.770. The van der Waals surface area contributed by atoms with Crippen molar-refractivity contribution in [2.24, 2.45) is 5.41 Å². The predicted octanol–water partition coefficient (Wildman–Crippen LogP) is 3.46. The highest BCUT2D eigenvalue weighted by molar-refractivity contribution is 5.67. The zero-order valence-electron chi connectivity index (χ0n) is 13.8. The first-order valence-corrected chi connectivity index (χ1v) is 8.03. The molecule has 118 valence electrons. The van der Waals surface area contributed by atoms with E-state index < -0.39 is 5.60 Å². The van der Waals surface area contributed by atoms with Gasteiger partial charge in [-0.05, 0) is 53.0 Å². The molecule has 1 heterocycles. The molecule has 0 aromatic carbocycles. The molecule has 0 bridgehead atoms. The van der Waals surface area contributed by atoms with E-state index in [-0.39, 0.29) is 11.5 Å². The van der Waals surface area contributed by atoms with Gasteiger partial charge in [-0.3, -0.25) is 0 Å². The molecule has 4 heteroatoms. The molecular formula is C16H32N2O2. The van der Waals surface area contributed by atoms with Crippen molar-refractivity contribution in [3.05, 3.63) is 0 Å². The number of carbonyl (C=O) groups excluding carboxylic acids is 1. The lowest BCUT2D eigenvalue weighted by Gasteiger charge is -2.42. The summed E-state index contributed by atoms with van der Waals surface area (Å²) in [6.45, 7) is 11.9. The number of rotatable bonds is 5. The Morgan fingerprint density at radius 1 is 1.25 bits per heavy atom. The molecule has 1 unspecified atom stereocenters. The van der Waals surface area contributed by atoms with Crippen LogP contribution in [0.2, 0.25) is 0 Å². The van der Waals surface area contributed by atoms with Crippen LogP contribution in [0.15, 0.2) is 0 Å². The second-order valence-corrected chi connectivity index (χ2v) is 6.93. The maximum Gasteiger partial charge on any atom is 0.407 e. The number of nitrogens with one attached hydrogen (secondary N) is 2. The fourth-order valence-corrected chi connectivity index (χ4v) is 3.05. The van der Waals surface area contributed by atoms with Gasteiger partial charge >= 0.3 is 6.09 Å². The summed E-state index contributed by atoms with van der Waals surface area (Å²) < 4.78 is 5.34. The first kappa shape index (κ1) is 17.3. The zero-order chi connectivity index (χ0) is 15.2. The summed E-state index contributed by atoms with van der Waals surface area (Å²) in [6, 6.07) is 0.501. The van der Waals surface area contributed by atoms with Gasteiger partial charge in [-0.1, -0.05) is 20.3 Å². The Kier molecular flexibility index (Phi) is 6.31. The maximum atomic E-state index is 11.9. The number of amides is 1. The van der Waals surface area contributed by atoms with Crippen molar-refractivity contribution in [3.8, 4) is 0 Å². The van der Waals surface area contributed by atoms with E-state index in [0.29, 0.717) is 12.6 Å². The normalized spacial score (nSPS) is 20.6. The third-order valence-corrected chi connectivity index (χ3v) is 4.44. The lowest BCUT2D eigenvalue weighted by atomic mass is 9.72. The van der Waals surface area contributed by atoms with Crippen molar-refractivity contribution in [3.63, 3.8) is 0 Å². The molecule has 2 N–H and O–H groups in total. The van der Waals surface area contributed by atoms with Gasteiger partial charge < -0.3 is 15.4 Å². The summed E-state index contributed by atoms with van der Waals surface area (Å²) in [5.41, 5.74) is -0.300. The number of alkyl carbamates (subject to hydrolysis) is 1. The lowest BCUT2D eigenvalue weighted by Crippen LogP contribution is -2.53. The van der Waals surface area contributed by atoms with E-state index in [4.69, 9.17) is 4.74 Å². The van der Waals surface area contributed by atoms with E-state index in [9.17, 15) is 4.79 Å². The van der Waals surface area contributed by atoms with Gasteiger partial charge in [0.15, 0.2) is 0 Å². The van der Waals surface area contributed by atoms with E-state index in [0.717, 1.165) is 19.4 Å². The molecule has 0 spiro atoms. The van der Waals surface area contributed by atoms with Crippen LogP contribution in [0.4, 0.5) is 4.79 Å². The summed E-state index contributed by atoms with van der Waals surface area (Å²) >= 11 is 0. The molecule has 20 heavy (non-hydrogen) atoms. The first-order chi connectivity index (χ1) is 9.33. The van der Waals surface area contributed by atoms with Crippen LogP contribution in [0, 0.1) is 5.41 Å². The quantitative estimate of drug-likeness (QED) is 0.813. The van der Waals surface area contributed by atoms with E-state index in [1.54, 1.807) is 0 Å². The second kappa shape index (κ2) is 7.30. The Labute approximate surface area is 124 Å². The van der Waals surface area contributed by atoms with E-state index in [1.807, 2.05) is 20.8 Å². The van der Waals surface area contributed by atoms with Crippen LogP contribution in [-0.2, 0) is 4.74 Å². The molecule has 0 aliphatic carbocycles. The Morgan fingerprint density at radius 3 is 2.35 bits per heavy atom. The van der Waals surface area contributed by atoms with Crippen LogP contribution in [0.5, 0.6) is 0 Å². The van der Waals surface area contributed by atoms with Crippen molar-refractivity contribution in [2.45, 2.75) is 78.4 Å². The Morgan fingerprint density at radius 2 is 1.90 bits per heavy atom. The molecule has 1 aliphatic heterocycles. The van der Waals surface area contributed by atoms with Gasteiger partial charge in [-0.25, -0.2) is 4.79 Å². The van der Waals surface area contributed by atoms with Crippen LogP contribution in [0.3, 0.4) is 0 Å². The van der Waals surface area contributed by atoms with Crippen LogP contribution in [0.1, 0.15) is 66.7 Å². The molecule has 1 atom stereocenters. The monoisotopic (exact) mass is 284 g/mol. The third-order valence-electron chi connectivity index (χ3n) is 4.44. The molecule has 4 nitrogen and oxygen atoms in total. The molecule has 1 fully saturated rings. The molecule has 0 radical (unpaired) electrons. The van der Waals surface area contributed by atoms with Gasteiger partial charge in [0.25, 0.3) is 0 Å². The molecule has 0 aromatic rings. The number of hydrogen-bond acceptors (Lipinski definition) is 3. The molecule has 0 aromatic heterocycles. The van der Waals surface area contributed by atoms with Crippen LogP contribution < -0.4 is 10.6 Å². The smallest absolute Gasteiger partial charge is 0.407 e. The van der Waals surface area contributed by atoms with Gasteiger partial charge in [0.2, 0.25) is 0 Å². The van der Waals surface area contributed by atoms with Crippen molar-refractivity contribution in [1.82, 2.24) is 10.6 Å². The Balaban J connectivity index is 2.59. The van der Waals surface area contributed by atoms with Crippen molar-refractivity contribution < 1.29 is 9.53 Å². The van der Waals surface area contributed by atoms with E-state index in [1.165, 1.54) is 19.3 Å².